The smallest absolute Gasteiger partial charge is 0.0158 e. The molecule has 0 spiro atoms. The zero-order valence-corrected chi connectivity index (χ0v) is 11.5. The summed E-state index contributed by atoms with van der Waals surface area (Å²) in [5.41, 5.74) is 0.515. The average molecular weight is 229 g/mol. The second kappa shape index (κ2) is 6.80. The van der Waals surface area contributed by atoms with Gasteiger partial charge >= 0.3 is 0 Å². The highest BCUT2D eigenvalue weighted by molar-refractivity contribution is 7.99. The number of unbranched alkanes of at least 4 members (excludes halogenated alkanes) is 1. The Morgan fingerprint density at radius 1 is 1.27 bits per heavy atom. The minimum atomic E-state index is 0.515. The lowest BCUT2D eigenvalue weighted by atomic mass is 9.90. The number of nitrogens with one attached hydrogen (secondary N) is 1. The van der Waals surface area contributed by atoms with Crippen LogP contribution in [0.2, 0.25) is 0 Å². The lowest BCUT2D eigenvalue weighted by Crippen LogP contribution is -2.34. The molecule has 90 valence electrons. The van der Waals surface area contributed by atoms with Crippen LogP contribution in [0.4, 0.5) is 0 Å². The fourth-order valence-corrected chi connectivity index (χ4v) is 3.09. The lowest BCUT2D eigenvalue weighted by Gasteiger charge is -2.23. The molecule has 0 saturated carbocycles. The van der Waals surface area contributed by atoms with Crippen LogP contribution in [0, 0.1) is 5.41 Å². The van der Waals surface area contributed by atoms with Gasteiger partial charge in [0.2, 0.25) is 0 Å². The van der Waals surface area contributed by atoms with Crippen molar-refractivity contribution in [1.82, 2.24) is 5.32 Å². The average Bonchev–Trinajstić information content (AvgIpc) is 2.17. The quantitative estimate of drug-likeness (QED) is 0.722. The number of thioether (sulfide) groups is 1. The van der Waals surface area contributed by atoms with Gasteiger partial charge in [-0.2, -0.15) is 11.8 Å². The molecule has 0 aromatic rings. The molecule has 1 atom stereocenters. The fourth-order valence-electron chi connectivity index (χ4n) is 1.99. The predicted octanol–water partition coefficient (Wildman–Crippen LogP) is 3.69. The summed E-state index contributed by atoms with van der Waals surface area (Å²) in [5.74, 6) is 2.71. The van der Waals surface area contributed by atoms with Crippen molar-refractivity contribution in [1.29, 1.82) is 0 Å². The van der Waals surface area contributed by atoms with Gasteiger partial charge in [0.15, 0.2) is 0 Å². The molecule has 0 aliphatic carbocycles. The summed E-state index contributed by atoms with van der Waals surface area (Å²) in [6.07, 6.45) is 6.87. The maximum Gasteiger partial charge on any atom is 0.0158 e. The highest BCUT2D eigenvalue weighted by Gasteiger charge is 2.13. The van der Waals surface area contributed by atoms with Crippen molar-refractivity contribution in [3.05, 3.63) is 0 Å². The summed E-state index contributed by atoms with van der Waals surface area (Å²) in [6.45, 7) is 8.22. The van der Waals surface area contributed by atoms with Gasteiger partial charge in [0, 0.05) is 11.8 Å². The molecular formula is C13H27NS. The SMILES string of the molecule is CC(C)(C)CCCCNC1CCCSC1. The predicted molar refractivity (Wildman–Crippen MR) is 71.7 cm³/mol. The maximum absolute atomic E-state index is 3.69. The first-order valence-electron chi connectivity index (χ1n) is 6.39. The van der Waals surface area contributed by atoms with Crippen molar-refractivity contribution in [2.24, 2.45) is 5.41 Å². The van der Waals surface area contributed by atoms with Crippen LogP contribution >= 0.6 is 11.8 Å². The van der Waals surface area contributed by atoms with Crippen LogP contribution in [0.5, 0.6) is 0 Å². The van der Waals surface area contributed by atoms with Crippen LogP contribution in [-0.2, 0) is 0 Å². The van der Waals surface area contributed by atoms with E-state index in [-0.39, 0.29) is 0 Å². The largest absolute Gasteiger partial charge is 0.313 e. The van der Waals surface area contributed by atoms with E-state index in [0.29, 0.717) is 5.41 Å². The normalized spacial score (nSPS) is 23.0. The Hall–Kier alpha value is 0.310. The Balaban J connectivity index is 1.92. The summed E-state index contributed by atoms with van der Waals surface area (Å²) in [4.78, 5) is 0. The van der Waals surface area contributed by atoms with E-state index >= 15 is 0 Å². The molecule has 1 aliphatic heterocycles. The van der Waals surface area contributed by atoms with Gasteiger partial charge in [0.25, 0.3) is 0 Å². The van der Waals surface area contributed by atoms with Crippen LogP contribution in [0.25, 0.3) is 0 Å². The first-order valence-corrected chi connectivity index (χ1v) is 7.54. The van der Waals surface area contributed by atoms with Gasteiger partial charge in [-0.3, -0.25) is 0 Å². The van der Waals surface area contributed by atoms with Crippen molar-refractivity contribution in [2.75, 3.05) is 18.1 Å². The van der Waals surface area contributed by atoms with Crippen LogP contribution in [0.3, 0.4) is 0 Å². The lowest BCUT2D eigenvalue weighted by molar-refractivity contribution is 0.355. The van der Waals surface area contributed by atoms with Crippen molar-refractivity contribution in [3.8, 4) is 0 Å². The third-order valence-electron chi connectivity index (χ3n) is 2.95. The van der Waals surface area contributed by atoms with E-state index < -0.39 is 0 Å². The summed E-state index contributed by atoms with van der Waals surface area (Å²) < 4.78 is 0. The topological polar surface area (TPSA) is 12.0 Å². The molecule has 0 aromatic carbocycles. The number of hydrogen-bond donors (Lipinski definition) is 1. The zero-order valence-electron chi connectivity index (χ0n) is 10.6. The van der Waals surface area contributed by atoms with Gasteiger partial charge in [-0.05, 0) is 43.4 Å². The first kappa shape index (κ1) is 13.4. The van der Waals surface area contributed by atoms with E-state index in [9.17, 15) is 0 Å². The van der Waals surface area contributed by atoms with Gasteiger partial charge < -0.3 is 5.32 Å². The molecule has 1 aliphatic rings. The van der Waals surface area contributed by atoms with Gasteiger partial charge in [-0.1, -0.05) is 27.2 Å². The summed E-state index contributed by atoms with van der Waals surface area (Å²) in [6, 6.07) is 0.804. The Bertz CT molecular complexity index is 156. The van der Waals surface area contributed by atoms with Gasteiger partial charge in [0.1, 0.15) is 0 Å². The molecule has 1 saturated heterocycles. The molecule has 0 amide bonds. The third kappa shape index (κ3) is 7.24. The monoisotopic (exact) mass is 229 g/mol. The molecule has 1 fully saturated rings. The van der Waals surface area contributed by atoms with Crippen LogP contribution in [0.1, 0.15) is 52.9 Å². The molecule has 15 heavy (non-hydrogen) atoms. The molecule has 0 radical (unpaired) electrons. The highest BCUT2D eigenvalue weighted by atomic mass is 32.2. The highest BCUT2D eigenvalue weighted by Crippen LogP contribution is 2.21. The Kier molecular flexibility index (Phi) is 6.06. The van der Waals surface area contributed by atoms with Gasteiger partial charge in [0.05, 0.1) is 0 Å². The van der Waals surface area contributed by atoms with Crippen molar-refractivity contribution in [3.63, 3.8) is 0 Å². The minimum absolute atomic E-state index is 0.515. The van der Waals surface area contributed by atoms with E-state index in [4.69, 9.17) is 0 Å². The van der Waals surface area contributed by atoms with Gasteiger partial charge in [-0.15, -0.1) is 0 Å². The number of hydrogen-bond acceptors (Lipinski definition) is 2. The Morgan fingerprint density at radius 3 is 2.67 bits per heavy atom. The second-order valence-corrected chi connectivity index (χ2v) is 7.04. The summed E-state index contributed by atoms with van der Waals surface area (Å²) >= 11 is 2.11. The molecule has 0 bridgehead atoms. The fraction of sp³-hybridized carbons (Fsp3) is 1.00. The van der Waals surface area contributed by atoms with Crippen LogP contribution in [0.15, 0.2) is 0 Å². The van der Waals surface area contributed by atoms with Crippen LogP contribution < -0.4 is 5.32 Å². The standard InChI is InChI=1S/C13H27NS/c1-13(2,3)8-4-5-9-14-12-7-6-10-15-11-12/h12,14H,4-11H2,1-3H3. The molecule has 1 unspecified atom stereocenters. The number of rotatable bonds is 5. The minimum Gasteiger partial charge on any atom is -0.313 e. The van der Waals surface area contributed by atoms with Crippen molar-refractivity contribution >= 4 is 11.8 Å². The van der Waals surface area contributed by atoms with E-state index in [1.807, 2.05) is 0 Å². The molecule has 1 N–H and O–H groups in total. The third-order valence-corrected chi connectivity index (χ3v) is 4.16. The molecule has 1 heterocycles. The Labute approximate surface area is 99.8 Å². The van der Waals surface area contributed by atoms with E-state index in [1.54, 1.807) is 0 Å². The van der Waals surface area contributed by atoms with Crippen LogP contribution in [-0.4, -0.2) is 24.1 Å². The zero-order chi connectivity index (χ0) is 11.1. The summed E-state index contributed by atoms with van der Waals surface area (Å²) in [5, 5.41) is 3.69. The maximum atomic E-state index is 3.69. The molecule has 1 rings (SSSR count). The van der Waals surface area contributed by atoms with Gasteiger partial charge in [-0.25, -0.2) is 0 Å². The molecule has 1 nitrogen and oxygen atoms in total. The van der Waals surface area contributed by atoms with E-state index in [0.717, 1.165) is 6.04 Å². The second-order valence-electron chi connectivity index (χ2n) is 5.89. The molecule has 2 heteroatoms. The molecule has 0 aromatic heterocycles. The van der Waals surface area contributed by atoms with E-state index in [2.05, 4.69) is 37.8 Å². The van der Waals surface area contributed by atoms with Crippen molar-refractivity contribution in [2.45, 2.75) is 58.9 Å². The van der Waals surface area contributed by atoms with Crippen molar-refractivity contribution < 1.29 is 0 Å². The molecular weight excluding hydrogens is 202 g/mol. The van der Waals surface area contributed by atoms with E-state index in [1.165, 1.54) is 50.2 Å². The Morgan fingerprint density at radius 2 is 2.07 bits per heavy atom. The summed E-state index contributed by atoms with van der Waals surface area (Å²) in [7, 11) is 0. The first-order chi connectivity index (χ1) is 7.08.